The molecule has 1 aromatic rings. The van der Waals surface area contributed by atoms with Crippen LogP contribution in [0.25, 0.3) is 0 Å². The summed E-state index contributed by atoms with van der Waals surface area (Å²) in [5.41, 5.74) is 2.26. The van der Waals surface area contributed by atoms with E-state index in [0.29, 0.717) is 13.1 Å². The summed E-state index contributed by atoms with van der Waals surface area (Å²) in [4.78, 5) is 25.8. The number of rotatable bonds is 2. The molecule has 6 heteroatoms. The Labute approximate surface area is 109 Å². The van der Waals surface area contributed by atoms with Crippen molar-refractivity contribution in [2.24, 2.45) is 5.10 Å². The van der Waals surface area contributed by atoms with Crippen molar-refractivity contribution in [3.8, 4) is 0 Å². The second-order valence-electron chi connectivity index (χ2n) is 4.07. The van der Waals surface area contributed by atoms with E-state index in [1.54, 1.807) is 4.90 Å². The van der Waals surface area contributed by atoms with Gasteiger partial charge in [-0.15, -0.1) is 11.3 Å². The van der Waals surface area contributed by atoms with Crippen LogP contribution in [0.2, 0.25) is 0 Å². The molecule has 2 amide bonds. The molecule has 2 heterocycles. The molecule has 18 heavy (non-hydrogen) atoms. The second-order valence-corrected chi connectivity index (χ2v) is 5.05. The fourth-order valence-corrected chi connectivity index (χ4v) is 2.39. The Bertz CT molecular complexity index is 436. The Morgan fingerprint density at radius 2 is 2.11 bits per heavy atom. The third-order valence-electron chi connectivity index (χ3n) is 2.74. The summed E-state index contributed by atoms with van der Waals surface area (Å²) in [6.07, 6.45) is 4.60. The van der Waals surface area contributed by atoms with Gasteiger partial charge in [0.25, 0.3) is 0 Å². The van der Waals surface area contributed by atoms with Gasteiger partial charge in [0.1, 0.15) is 0 Å². The molecule has 0 spiro atoms. The quantitative estimate of drug-likeness (QED) is 0.496. The number of carbonyl (C=O) groups excluding carboxylic acids is 2. The standard InChI is InChI=1S/C12H15N3O2S/c16-11(12(17)15-6-2-1-3-7-15)14-13-9-10-5-4-8-18-10/h4-5,8-9H,1-3,6-7H2,(H,14,16)/b13-9+. The minimum absolute atomic E-state index is 0.488. The highest BCUT2D eigenvalue weighted by Crippen LogP contribution is 2.08. The number of hydrogen-bond donors (Lipinski definition) is 1. The van der Waals surface area contributed by atoms with Gasteiger partial charge < -0.3 is 4.90 Å². The molecule has 2 rings (SSSR count). The van der Waals surface area contributed by atoms with E-state index in [4.69, 9.17) is 0 Å². The van der Waals surface area contributed by atoms with Crippen molar-refractivity contribution in [3.05, 3.63) is 22.4 Å². The van der Waals surface area contributed by atoms with Crippen molar-refractivity contribution in [3.63, 3.8) is 0 Å². The van der Waals surface area contributed by atoms with Crippen LogP contribution in [0.1, 0.15) is 24.1 Å². The molecule has 96 valence electrons. The number of thiophene rings is 1. The normalized spacial score (nSPS) is 15.9. The molecular formula is C12H15N3O2S. The van der Waals surface area contributed by atoms with Gasteiger partial charge in [-0.1, -0.05) is 6.07 Å². The fourth-order valence-electron chi connectivity index (χ4n) is 1.81. The predicted octanol–water partition coefficient (Wildman–Crippen LogP) is 1.21. The minimum atomic E-state index is -0.662. The number of likely N-dealkylation sites (tertiary alicyclic amines) is 1. The minimum Gasteiger partial charge on any atom is -0.334 e. The summed E-state index contributed by atoms with van der Waals surface area (Å²) in [7, 11) is 0. The van der Waals surface area contributed by atoms with E-state index in [2.05, 4.69) is 10.5 Å². The van der Waals surface area contributed by atoms with Gasteiger partial charge in [0, 0.05) is 18.0 Å². The molecule has 1 fully saturated rings. The molecule has 1 aliphatic rings. The first-order valence-electron chi connectivity index (χ1n) is 5.93. The molecule has 0 aliphatic carbocycles. The van der Waals surface area contributed by atoms with Gasteiger partial charge in [0.15, 0.2) is 0 Å². The summed E-state index contributed by atoms with van der Waals surface area (Å²) in [6, 6.07) is 3.78. The van der Waals surface area contributed by atoms with Crippen LogP contribution in [0.4, 0.5) is 0 Å². The van der Waals surface area contributed by atoms with Gasteiger partial charge in [0.05, 0.1) is 6.21 Å². The summed E-state index contributed by atoms with van der Waals surface area (Å²) >= 11 is 1.52. The molecule has 0 atom stereocenters. The lowest BCUT2D eigenvalue weighted by Gasteiger charge is -2.25. The smallest absolute Gasteiger partial charge is 0.329 e. The van der Waals surface area contributed by atoms with Crippen LogP contribution >= 0.6 is 11.3 Å². The van der Waals surface area contributed by atoms with Crippen molar-refractivity contribution in [2.45, 2.75) is 19.3 Å². The summed E-state index contributed by atoms with van der Waals surface area (Å²) in [6.45, 7) is 1.34. The zero-order valence-electron chi connectivity index (χ0n) is 9.96. The van der Waals surface area contributed by atoms with Crippen LogP contribution in [0.5, 0.6) is 0 Å². The van der Waals surface area contributed by atoms with Crippen molar-refractivity contribution in [2.75, 3.05) is 13.1 Å². The fraction of sp³-hybridized carbons (Fsp3) is 0.417. The molecule has 0 bridgehead atoms. The van der Waals surface area contributed by atoms with Crippen LogP contribution in [0.3, 0.4) is 0 Å². The van der Waals surface area contributed by atoms with E-state index in [-0.39, 0.29) is 0 Å². The number of nitrogens with one attached hydrogen (secondary N) is 1. The largest absolute Gasteiger partial charge is 0.334 e. The zero-order chi connectivity index (χ0) is 12.8. The maximum absolute atomic E-state index is 11.7. The Hall–Kier alpha value is -1.69. The molecule has 1 aromatic heterocycles. The third-order valence-corrected chi connectivity index (χ3v) is 3.55. The average Bonchev–Trinajstić information content (AvgIpc) is 2.92. The lowest BCUT2D eigenvalue weighted by atomic mass is 10.1. The molecule has 5 nitrogen and oxygen atoms in total. The molecule has 0 aromatic carbocycles. The van der Waals surface area contributed by atoms with Crippen molar-refractivity contribution >= 4 is 29.4 Å². The van der Waals surface area contributed by atoms with E-state index in [1.807, 2.05) is 17.5 Å². The Morgan fingerprint density at radius 3 is 2.78 bits per heavy atom. The van der Waals surface area contributed by atoms with Gasteiger partial charge in [-0.3, -0.25) is 9.59 Å². The lowest BCUT2D eigenvalue weighted by molar-refractivity contribution is -0.146. The van der Waals surface area contributed by atoms with E-state index in [1.165, 1.54) is 17.6 Å². The number of hydrogen-bond acceptors (Lipinski definition) is 4. The Kier molecular flexibility index (Phi) is 4.46. The van der Waals surface area contributed by atoms with Crippen molar-refractivity contribution < 1.29 is 9.59 Å². The van der Waals surface area contributed by atoms with Crippen LogP contribution in [0, 0.1) is 0 Å². The first-order valence-corrected chi connectivity index (χ1v) is 6.81. The first kappa shape index (κ1) is 12.8. The molecular weight excluding hydrogens is 250 g/mol. The second kappa shape index (κ2) is 6.30. The van der Waals surface area contributed by atoms with E-state index in [9.17, 15) is 9.59 Å². The summed E-state index contributed by atoms with van der Waals surface area (Å²) in [5.74, 6) is -1.15. The number of nitrogens with zero attached hydrogens (tertiary/aromatic N) is 2. The number of hydrazone groups is 1. The molecule has 0 unspecified atom stereocenters. The van der Waals surface area contributed by atoms with Gasteiger partial charge in [-0.05, 0) is 30.7 Å². The highest BCUT2D eigenvalue weighted by molar-refractivity contribution is 7.11. The van der Waals surface area contributed by atoms with Crippen molar-refractivity contribution in [1.82, 2.24) is 10.3 Å². The first-order chi connectivity index (χ1) is 8.77. The monoisotopic (exact) mass is 265 g/mol. The molecule has 0 radical (unpaired) electrons. The topological polar surface area (TPSA) is 61.8 Å². The summed E-state index contributed by atoms with van der Waals surface area (Å²) < 4.78 is 0. The SMILES string of the molecule is O=C(N/N=C/c1cccs1)C(=O)N1CCCCC1. The molecule has 0 saturated carbocycles. The average molecular weight is 265 g/mol. The maximum Gasteiger partial charge on any atom is 0.329 e. The predicted molar refractivity (Wildman–Crippen MR) is 70.5 cm³/mol. The maximum atomic E-state index is 11.7. The van der Waals surface area contributed by atoms with Gasteiger partial charge in [-0.2, -0.15) is 5.10 Å². The van der Waals surface area contributed by atoms with Crippen LogP contribution < -0.4 is 5.43 Å². The van der Waals surface area contributed by atoms with Crippen molar-refractivity contribution in [1.29, 1.82) is 0 Å². The zero-order valence-corrected chi connectivity index (χ0v) is 10.8. The Morgan fingerprint density at radius 1 is 1.33 bits per heavy atom. The van der Waals surface area contributed by atoms with Crippen LogP contribution in [0.15, 0.2) is 22.6 Å². The van der Waals surface area contributed by atoms with Crippen LogP contribution in [-0.2, 0) is 9.59 Å². The highest BCUT2D eigenvalue weighted by atomic mass is 32.1. The summed E-state index contributed by atoms with van der Waals surface area (Å²) in [5, 5.41) is 5.69. The van der Waals surface area contributed by atoms with E-state index in [0.717, 1.165) is 24.1 Å². The molecule has 1 saturated heterocycles. The van der Waals surface area contributed by atoms with Gasteiger partial charge in [-0.25, -0.2) is 5.43 Å². The van der Waals surface area contributed by atoms with Crippen LogP contribution in [-0.4, -0.2) is 36.0 Å². The molecule has 1 aliphatic heterocycles. The van der Waals surface area contributed by atoms with E-state index < -0.39 is 11.8 Å². The highest BCUT2D eigenvalue weighted by Gasteiger charge is 2.22. The third kappa shape index (κ3) is 3.40. The Balaban J connectivity index is 1.82. The number of amides is 2. The number of carbonyl (C=O) groups is 2. The van der Waals surface area contributed by atoms with Gasteiger partial charge >= 0.3 is 11.8 Å². The molecule has 1 N–H and O–H groups in total. The van der Waals surface area contributed by atoms with E-state index >= 15 is 0 Å². The number of piperidine rings is 1. The van der Waals surface area contributed by atoms with Gasteiger partial charge in [0.2, 0.25) is 0 Å². The lowest BCUT2D eigenvalue weighted by Crippen LogP contribution is -2.43.